The second-order valence-electron chi connectivity index (χ2n) is 7.91. The number of piperidine rings is 1. The minimum absolute atomic E-state index is 0.0364. The molecule has 0 spiro atoms. The van der Waals surface area contributed by atoms with Gasteiger partial charge < -0.3 is 14.7 Å². The zero-order valence-electron chi connectivity index (χ0n) is 18.2. The Bertz CT molecular complexity index is 1250. The van der Waals surface area contributed by atoms with E-state index in [0.717, 1.165) is 16.7 Å². The van der Waals surface area contributed by atoms with E-state index in [1.165, 1.54) is 23.1 Å². The van der Waals surface area contributed by atoms with Crippen LogP contribution in [0.25, 0.3) is 11.4 Å². The summed E-state index contributed by atoms with van der Waals surface area (Å²) < 4.78 is 18.6. The van der Waals surface area contributed by atoms with Crippen LogP contribution in [-0.2, 0) is 27.5 Å². The number of imide groups is 1. The van der Waals surface area contributed by atoms with Crippen molar-refractivity contribution in [1.29, 1.82) is 0 Å². The molecule has 11 heteroatoms. The van der Waals surface area contributed by atoms with Gasteiger partial charge in [-0.2, -0.15) is 4.98 Å². The average molecular weight is 486 g/mol. The molecule has 1 saturated heterocycles. The number of carbonyl (C=O) groups excluding carboxylic acids is 3. The minimum atomic E-state index is -0.687. The van der Waals surface area contributed by atoms with Gasteiger partial charge in [0.25, 0.3) is 0 Å². The normalized spacial score (nSPS) is 15.7. The summed E-state index contributed by atoms with van der Waals surface area (Å²) in [6.07, 6.45) is 1.12. The Hall–Kier alpha value is -3.79. The van der Waals surface area contributed by atoms with Gasteiger partial charge >= 0.3 is 6.01 Å². The van der Waals surface area contributed by atoms with Crippen molar-refractivity contribution in [3.05, 3.63) is 63.9 Å². The lowest BCUT2D eigenvalue weighted by Gasteiger charge is -2.30. The molecule has 34 heavy (non-hydrogen) atoms. The summed E-state index contributed by atoms with van der Waals surface area (Å²) in [7, 11) is 0. The van der Waals surface area contributed by atoms with Gasteiger partial charge in [-0.3, -0.25) is 19.7 Å². The molecule has 2 aromatic carbocycles. The molecule has 4 rings (SSSR count). The number of nitrogens with one attached hydrogen (secondary N) is 2. The Morgan fingerprint density at radius 3 is 2.85 bits per heavy atom. The molecule has 0 saturated carbocycles. The Kier molecular flexibility index (Phi) is 6.87. The molecule has 1 fully saturated rings. The monoisotopic (exact) mass is 485 g/mol. The molecular formula is C23H21ClFN5O4. The molecule has 2 N–H and O–H groups in total. The molecule has 1 aliphatic rings. The van der Waals surface area contributed by atoms with Gasteiger partial charge in [-0.25, -0.2) is 4.39 Å². The Morgan fingerprint density at radius 2 is 2.12 bits per heavy atom. The van der Waals surface area contributed by atoms with E-state index in [0.29, 0.717) is 24.9 Å². The third-order valence-corrected chi connectivity index (χ3v) is 5.85. The van der Waals surface area contributed by atoms with Crippen molar-refractivity contribution in [3.8, 4) is 11.4 Å². The molecule has 2 heterocycles. The summed E-state index contributed by atoms with van der Waals surface area (Å²) in [6, 6.07) is 9.39. The minimum Gasteiger partial charge on any atom is -0.334 e. The third kappa shape index (κ3) is 5.23. The first kappa shape index (κ1) is 23.4. The van der Waals surface area contributed by atoms with Crippen LogP contribution in [0.4, 0.5) is 10.4 Å². The number of aryl methyl sites for hydroxylation is 1. The molecule has 0 radical (unpaired) electrons. The van der Waals surface area contributed by atoms with Crippen molar-refractivity contribution in [2.45, 2.75) is 38.9 Å². The van der Waals surface area contributed by atoms with E-state index in [-0.39, 0.29) is 35.7 Å². The van der Waals surface area contributed by atoms with Crippen molar-refractivity contribution >= 4 is 35.8 Å². The molecule has 3 amide bonds. The standard InChI is InChI=1S/C23H21ClFN5O4/c1-13-2-3-14(8-16(13)11-30(12-31)19-6-7-20(32)27-22(19)33)10-26-23-28-21(29-34-23)15-4-5-18(25)17(24)9-15/h2-5,8-9,12,19H,6-7,10-11H2,1H3,(H,26,28,29)(H,27,32,33). The number of benzene rings is 2. The maximum Gasteiger partial charge on any atom is 0.322 e. The maximum absolute atomic E-state index is 13.4. The fourth-order valence-corrected chi connectivity index (χ4v) is 3.83. The van der Waals surface area contributed by atoms with Crippen molar-refractivity contribution in [1.82, 2.24) is 20.4 Å². The average Bonchev–Trinajstić information content (AvgIpc) is 3.29. The summed E-state index contributed by atoms with van der Waals surface area (Å²) >= 11 is 5.81. The number of hydrogen-bond acceptors (Lipinski definition) is 7. The highest BCUT2D eigenvalue weighted by atomic mass is 35.5. The van der Waals surface area contributed by atoms with E-state index in [1.807, 2.05) is 25.1 Å². The molecule has 1 aliphatic heterocycles. The predicted octanol–water partition coefficient (Wildman–Crippen LogP) is 3.21. The summed E-state index contributed by atoms with van der Waals surface area (Å²) in [6.45, 7) is 2.50. The lowest BCUT2D eigenvalue weighted by Crippen LogP contribution is -2.51. The molecule has 176 valence electrons. The topological polar surface area (TPSA) is 117 Å². The highest BCUT2D eigenvalue weighted by Gasteiger charge is 2.31. The van der Waals surface area contributed by atoms with E-state index in [1.54, 1.807) is 0 Å². The van der Waals surface area contributed by atoms with Gasteiger partial charge in [0.15, 0.2) is 0 Å². The lowest BCUT2D eigenvalue weighted by atomic mass is 10.0. The highest BCUT2D eigenvalue weighted by molar-refractivity contribution is 6.31. The smallest absolute Gasteiger partial charge is 0.322 e. The Morgan fingerprint density at radius 1 is 1.29 bits per heavy atom. The largest absolute Gasteiger partial charge is 0.334 e. The van der Waals surface area contributed by atoms with Crippen LogP contribution in [-0.4, -0.2) is 39.3 Å². The first-order valence-electron chi connectivity index (χ1n) is 10.5. The number of nitrogens with zero attached hydrogens (tertiary/aromatic N) is 3. The summed E-state index contributed by atoms with van der Waals surface area (Å²) in [5, 5.41) is 9.15. The molecule has 3 aromatic rings. The lowest BCUT2D eigenvalue weighted by molar-refractivity contribution is -0.141. The highest BCUT2D eigenvalue weighted by Crippen LogP contribution is 2.24. The zero-order valence-corrected chi connectivity index (χ0v) is 18.9. The summed E-state index contributed by atoms with van der Waals surface area (Å²) in [4.78, 5) is 40.9. The number of halogens is 2. The molecule has 1 unspecified atom stereocenters. The van der Waals surface area contributed by atoms with Crippen LogP contribution in [0.3, 0.4) is 0 Å². The van der Waals surface area contributed by atoms with E-state index >= 15 is 0 Å². The molecular weight excluding hydrogens is 465 g/mol. The van der Waals surface area contributed by atoms with Crippen LogP contribution in [0.1, 0.15) is 29.5 Å². The number of hydrogen-bond donors (Lipinski definition) is 2. The van der Waals surface area contributed by atoms with Crippen molar-refractivity contribution < 1.29 is 23.3 Å². The van der Waals surface area contributed by atoms with Crippen molar-refractivity contribution in [2.24, 2.45) is 0 Å². The van der Waals surface area contributed by atoms with Gasteiger partial charge in [0.05, 0.1) is 5.02 Å². The van der Waals surface area contributed by atoms with Gasteiger partial charge in [0.1, 0.15) is 11.9 Å². The molecule has 0 aliphatic carbocycles. The van der Waals surface area contributed by atoms with Crippen LogP contribution < -0.4 is 10.6 Å². The van der Waals surface area contributed by atoms with Crippen LogP contribution in [0, 0.1) is 12.7 Å². The van der Waals surface area contributed by atoms with Gasteiger partial charge in [-0.05, 0) is 48.2 Å². The van der Waals surface area contributed by atoms with Gasteiger partial charge in [-0.1, -0.05) is 35.0 Å². The number of anilines is 1. The van der Waals surface area contributed by atoms with Gasteiger partial charge in [-0.15, -0.1) is 0 Å². The van der Waals surface area contributed by atoms with Crippen molar-refractivity contribution in [3.63, 3.8) is 0 Å². The van der Waals surface area contributed by atoms with Crippen LogP contribution in [0.5, 0.6) is 0 Å². The fourth-order valence-electron chi connectivity index (χ4n) is 3.65. The SMILES string of the molecule is Cc1ccc(CNc2nc(-c3ccc(F)c(Cl)c3)no2)cc1CN(C=O)C1CCC(=O)NC1=O. The zero-order chi connectivity index (χ0) is 24.2. The van der Waals surface area contributed by atoms with Crippen LogP contribution >= 0.6 is 11.6 Å². The second-order valence-corrected chi connectivity index (χ2v) is 8.32. The number of rotatable bonds is 8. The van der Waals surface area contributed by atoms with Gasteiger partial charge in [0.2, 0.25) is 24.0 Å². The first-order chi connectivity index (χ1) is 16.3. The third-order valence-electron chi connectivity index (χ3n) is 5.56. The summed E-state index contributed by atoms with van der Waals surface area (Å²) in [5.74, 6) is -1.07. The Balaban J connectivity index is 1.43. The number of aromatic nitrogens is 2. The fraction of sp³-hybridized carbons (Fsp3) is 0.261. The Labute approximate surface area is 199 Å². The number of carbonyl (C=O) groups is 3. The maximum atomic E-state index is 13.4. The van der Waals surface area contributed by atoms with E-state index < -0.39 is 17.8 Å². The van der Waals surface area contributed by atoms with E-state index in [4.69, 9.17) is 16.1 Å². The quantitative estimate of drug-likeness (QED) is 0.371. The van der Waals surface area contributed by atoms with Crippen LogP contribution in [0.15, 0.2) is 40.9 Å². The first-order valence-corrected chi connectivity index (χ1v) is 10.9. The predicted molar refractivity (Wildman–Crippen MR) is 121 cm³/mol. The van der Waals surface area contributed by atoms with Crippen molar-refractivity contribution in [2.75, 3.05) is 5.32 Å². The molecule has 0 bridgehead atoms. The van der Waals surface area contributed by atoms with E-state index in [2.05, 4.69) is 20.8 Å². The molecule has 1 atom stereocenters. The van der Waals surface area contributed by atoms with Crippen LogP contribution in [0.2, 0.25) is 5.02 Å². The molecule has 9 nitrogen and oxygen atoms in total. The molecule has 1 aromatic heterocycles. The summed E-state index contributed by atoms with van der Waals surface area (Å²) in [5.41, 5.74) is 3.22. The second kappa shape index (κ2) is 10.0. The van der Waals surface area contributed by atoms with Gasteiger partial charge in [0, 0.05) is 25.1 Å². The number of amides is 3. The van der Waals surface area contributed by atoms with E-state index in [9.17, 15) is 18.8 Å².